The summed E-state index contributed by atoms with van der Waals surface area (Å²) >= 11 is 0. The summed E-state index contributed by atoms with van der Waals surface area (Å²) in [5, 5.41) is 0. The highest BCUT2D eigenvalue weighted by Gasteiger charge is 2.33. The van der Waals surface area contributed by atoms with Crippen molar-refractivity contribution in [3.8, 4) is 11.4 Å². The van der Waals surface area contributed by atoms with Gasteiger partial charge in [-0.15, -0.1) is 0 Å². The minimum Gasteiger partial charge on any atom is -0.240 e. The summed E-state index contributed by atoms with van der Waals surface area (Å²) in [7, 11) is 0. The van der Waals surface area contributed by atoms with Crippen molar-refractivity contribution in [3.05, 3.63) is 48.3 Å². The van der Waals surface area contributed by atoms with Crippen molar-refractivity contribution in [1.29, 1.82) is 0 Å². The van der Waals surface area contributed by atoms with E-state index in [1.165, 1.54) is 4.57 Å². The smallest absolute Gasteiger partial charge is 0.240 e. The van der Waals surface area contributed by atoms with E-state index in [2.05, 4.69) is 9.97 Å². The van der Waals surface area contributed by atoms with Crippen LogP contribution in [0.25, 0.3) is 28.5 Å². The van der Waals surface area contributed by atoms with Gasteiger partial charge in [-0.1, -0.05) is 18.2 Å². The van der Waals surface area contributed by atoms with Gasteiger partial charge in [0.2, 0.25) is 5.82 Å². The predicted octanol–water partition coefficient (Wildman–Crippen LogP) is 1.54. The number of aryl methyl sites for hydroxylation is 1. The molecular formula is C15H12N5+. The summed E-state index contributed by atoms with van der Waals surface area (Å²) in [5.74, 6) is 1.18. The lowest BCUT2D eigenvalue weighted by atomic mass is 10.1. The van der Waals surface area contributed by atoms with Crippen molar-refractivity contribution in [2.45, 2.75) is 6.54 Å². The molecule has 1 aromatic carbocycles. The van der Waals surface area contributed by atoms with Crippen molar-refractivity contribution in [2.75, 3.05) is 0 Å². The van der Waals surface area contributed by atoms with Crippen LogP contribution in [0.5, 0.6) is 0 Å². The number of hydrogen-bond donors (Lipinski definition) is 0. The third-order valence-corrected chi connectivity index (χ3v) is 3.88. The highest BCUT2D eigenvalue weighted by atomic mass is 15.3. The maximum Gasteiger partial charge on any atom is 0.299 e. The van der Waals surface area contributed by atoms with Gasteiger partial charge in [-0.05, 0) is 12.1 Å². The molecule has 3 aromatic heterocycles. The predicted molar refractivity (Wildman–Crippen MR) is 74.2 cm³/mol. The highest BCUT2D eigenvalue weighted by molar-refractivity contribution is 5.75. The van der Waals surface area contributed by atoms with E-state index >= 15 is 0 Å². The van der Waals surface area contributed by atoms with Gasteiger partial charge in [0.1, 0.15) is 0 Å². The van der Waals surface area contributed by atoms with Crippen LogP contribution in [-0.2, 0) is 13.5 Å². The number of rotatable bonds is 0. The molecule has 5 rings (SSSR count). The third-order valence-electron chi connectivity index (χ3n) is 3.88. The molecule has 0 atom stereocenters. The Balaban J connectivity index is 2.01. The standard InChI is InChI=1S/C15H12N5/c1-18-12-14(19-8-4-7-16-15(19)17-12)20-9-10-5-2-3-6-11(10)13(18)20/h2-8H,9H2,1H3/q+1/i1D3. The zero-order valence-electron chi connectivity index (χ0n) is 13.5. The summed E-state index contributed by atoms with van der Waals surface area (Å²) in [4.78, 5) is 8.68. The maximum atomic E-state index is 7.97. The minimum atomic E-state index is -2.31. The van der Waals surface area contributed by atoms with Gasteiger partial charge in [-0.3, -0.25) is 0 Å². The molecule has 0 saturated carbocycles. The fourth-order valence-corrected chi connectivity index (χ4v) is 3.05. The van der Waals surface area contributed by atoms with Crippen molar-refractivity contribution in [3.63, 3.8) is 0 Å². The second-order valence-electron chi connectivity index (χ2n) is 4.95. The maximum absolute atomic E-state index is 7.97. The van der Waals surface area contributed by atoms with E-state index in [9.17, 15) is 0 Å². The molecule has 96 valence electrons. The SMILES string of the molecule is [2H]C([2H])([2H])n1c2[n+](c3c1nc1ncccn13)Cc1ccccc1-2. The van der Waals surface area contributed by atoms with E-state index in [-0.39, 0.29) is 0 Å². The van der Waals surface area contributed by atoms with Gasteiger partial charge < -0.3 is 0 Å². The van der Waals surface area contributed by atoms with Gasteiger partial charge in [-0.2, -0.15) is 9.38 Å². The van der Waals surface area contributed by atoms with Gasteiger partial charge in [-0.25, -0.2) is 14.1 Å². The topological polar surface area (TPSA) is 39.0 Å². The van der Waals surface area contributed by atoms with Crippen molar-refractivity contribution >= 4 is 17.1 Å². The first-order valence-corrected chi connectivity index (χ1v) is 6.42. The Hall–Kier alpha value is -2.69. The molecule has 0 amide bonds. The van der Waals surface area contributed by atoms with E-state index < -0.39 is 6.98 Å². The Morgan fingerprint density at radius 3 is 3.20 bits per heavy atom. The molecule has 0 N–H and O–H groups in total. The average Bonchev–Trinajstić information content (AvgIpc) is 3.12. The number of nitrogens with zero attached hydrogens (tertiary/aromatic N) is 5. The second-order valence-corrected chi connectivity index (χ2v) is 4.95. The minimum absolute atomic E-state index is 0.438. The number of benzene rings is 1. The first-order valence-electron chi connectivity index (χ1n) is 7.92. The van der Waals surface area contributed by atoms with Crippen LogP contribution in [0.15, 0.2) is 42.7 Å². The van der Waals surface area contributed by atoms with E-state index in [0.717, 1.165) is 16.8 Å². The quantitative estimate of drug-likeness (QED) is 0.398. The lowest BCUT2D eigenvalue weighted by Gasteiger charge is -1.95. The fraction of sp³-hybridized carbons (Fsp3) is 0.133. The van der Waals surface area contributed by atoms with Crippen molar-refractivity contribution < 1.29 is 8.68 Å². The molecule has 1 aliphatic rings. The second kappa shape index (κ2) is 3.25. The molecule has 0 aliphatic carbocycles. The van der Waals surface area contributed by atoms with Crippen LogP contribution < -0.4 is 4.57 Å². The first-order chi connectivity index (χ1) is 11.1. The molecule has 1 aliphatic heterocycles. The molecule has 5 nitrogen and oxygen atoms in total. The summed E-state index contributed by atoms with van der Waals surface area (Å²) in [5.41, 5.74) is 3.25. The Bertz CT molecular complexity index is 1090. The van der Waals surface area contributed by atoms with Crippen LogP contribution in [0, 0.1) is 0 Å². The third kappa shape index (κ3) is 1.02. The van der Waals surface area contributed by atoms with E-state index in [0.29, 0.717) is 23.8 Å². The van der Waals surface area contributed by atoms with Gasteiger partial charge in [0.25, 0.3) is 17.1 Å². The average molecular weight is 265 g/mol. The summed E-state index contributed by atoms with van der Waals surface area (Å²) in [6.45, 7) is -1.68. The van der Waals surface area contributed by atoms with Gasteiger partial charge in [0, 0.05) is 11.8 Å². The molecule has 0 saturated heterocycles. The monoisotopic (exact) mass is 265 g/mol. The molecule has 4 heterocycles. The molecule has 0 bridgehead atoms. The van der Waals surface area contributed by atoms with Crippen molar-refractivity contribution in [1.82, 2.24) is 18.9 Å². The van der Waals surface area contributed by atoms with Crippen LogP contribution in [0.2, 0.25) is 0 Å². The molecule has 4 aromatic rings. The van der Waals surface area contributed by atoms with Gasteiger partial charge in [0.05, 0.1) is 29.4 Å². The Morgan fingerprint density at radius 2 is 2.25 bits per heavy atom. The first kappa shape index (κ1) is 7.79. The lowest BCUT2D eigenvalue weighted by Crippen LogP contribution is -2.32. The van der Waals surface area contributed by atoms with Crippen LogP contribution in [-0.4, -0.2) is 18.9 Å². The van der Waals surface area contributed by atoms with Crippen LogP contribution in [0.4, 0.5) is 0 Å². The molecule has 0 spiro atoms. The van der Waals surface area contributed by atoms with Crippen molar-refractivity contribution in [2.24, 2.45) is 6.98 Å². The summed E-state index contributed by atoms with van der Waals surface area (Å²) in [6, 6.07) is 9.70. The van der Waals surface area contributed by atoms with Gasteiger partial charge in [0.15, 0.2) is 0 Å². The molecule has 0 radical (unpaired) electrons. The van der Waals surface area contributed by atoms with Crippen LogP contribution in [0.1, 0.15) is 9.68 Å². The Morgan fingerprint density at radius 1 is 1.30 bits per heavy atom. The fourth-order valence-electron chi connectivity index (χ4n) is 3.05. The zero-order chi connectivity index (χ0) is 15.8. The summed E-state index contributed by atoms with van der Waals surface area (Å²) < 4.78 is 29.1. The normalized spacial score (nSPS) is 15.9. The Labute approximate surface area is 119 Å². The number of imidazole rings is 2. The number of hydrogen-bond acceptors (Lipinski definition) is 2. The highest BCUT2D eigenvalue weighted by Crippen LogP contribution is 2.30. The zero-order valence-corrected chi connectivity index (χ0v) is 10.5. The number of fused-ring (bicyclic) bond motifs is 7. The van der Waals surface area contributed by atoms with Crippen LogP contribution in [0.3, 0.4) is 0 Å². The summed E-state index contributed by atoms with van der Waals surface area (Å²) in [6.07, 6.45) is 3.51. The molecule has 5 heteroatoms. The number of aromatic nitrogens is 5. The molecule has 20 heavy (non-hydrogen) atoms. The molecule has 0 unspecified atom stereocenters. The van der Waals surface area contributed by atoms with E-state index in [1.807, 2.05) is 45.5 Å². The molecular weight excluding hydrogens is 250 g/mol. The molecule has 0 fully saturated rings. The van der Waals surface area contributed by atoms with Crippen LogP contribution >= 0.6 is 0 Å². The van der Waals surface area contributed by atoms with E-state index in [1.54, 1.807) is 6.20 Å². The lowest BCUT2D eigenvalue weighted by molar-refractivity contribution is -0.648. The Kier molecular flexibility index (Phi) is 1.27. The van der Waals surface area contributed by atoms with Gasteiger partial charge >= 0.3 is 0 Å². The largest absolute Gasteiger partial charge is 0.299 e. The van der Waals surface area contributed by atoms with E-state index in [4.69, 9.17) is 4.11 Å².